The summed E-state index contributed by atoms with van der Waals surface area (Å²) in [6.45, 7) is 3.88. The van der Waals surface area contributed by atoms with Gasteiger partial charge in [0.2, 0.25) is 17.7 Å². The number of aliphatic hydroxyl groups is 2. The fourth-order valence-electron chi connectivity index (χ4n) is 2.79. The van der Waals surface area contributed by atoms with Gasteiger partial charge in [0, 0.05) is 18.3 Å². The molecule has 1 aromatic heterocycles. The van der Waals surface area contributed by atoms with E-state index in [0.29, 0.717) is 12.1 Å². The number of rotatable bonds is 13. The highest BCUT2D eigenvalue weighted by atomic mass is 16.4. The van der Waals surface area contributed by atoms with E-state index in [2.05, 4.69) is 25.9 Å². The molecule has 1 heterocycles. The van der Waals surface area contributed by atoms with Crippen LogP contribution in [0.5, 0.6) is 0 Å². The van der Waals surface area contributed by atoms with Gasteiger partial charge in [-0.1, -0.05) is 20.3 Å². The van der Waals surface area contributed by atoms with Gasteiger partial charge in [0.05, 0.1) is 25.1 Å². The van der Waals surface area contributed by atoms with Gasteiger partial charge in [0.1, 0.15) is 12.1 Å². The quantitative estimate of drug-likeness (QED) is 0.154. The third-order valence-electron chi connectivity index (χ3n) is 4.99. The molecule has 13 nitrogen and oxygen atoms in total. The normalized spacial score (nSPS) is 16.7. The molecule has 0 spiro atoms. The highest BCUT2D eigenvalue weighted by molar-refractivity contribution is 5.94. The molecule has 0 bridgehead atoms. The maximum absolute atomic E-state index is 12.6. The Morgan fingerprint density at radius 2 is 1.72 bits per heavy atom. The Morgan fingerprint density at radius 1 is 1.09 bits per heavy atom. The minimum absolute atomic E-state index is 0.124. The number of amides is 3. The molecule has 9 N–H and O–H groups in total. The summed E-state index contributed by atoms with van der Waals surface area (Å²) in [5, 5.41) is 35.3. The van der Waals surface area contributed by atoms with Crippen LogP contribution >= 0.6 is 0 Å². The van der Waals surface area contributed by atoms with Gasteiger partial charge in [-0.15, -0.1) is 0 Å². The molecule has 0 saturated carbocycles. The number of carbonyl (C=O) groups is 4. The van der Waals surface area contributed by atoms with E-state index in [1.807, 2.05) is 0 Å². The van der Waals surface area contributed by atoms with E-state index >= 15 is 0 Å². The molecule has 0 aliphatic rings. The van der Waals surface area contributed by atoms with E-state index < -0.39 is 66.5 Å². The first-order valence-corrected chi connectivity index (χ1v) is 10.2. The highest BCUT2D eigenvalue weighted by Gasteiger charge is 2.33. The predicted molar refractivity (Wildman–Crippen MR) is 112 cm³/mol. The van der Waals surface area contributed by atoms with Crippen LogP contribution in [0, 0.1) is 5.92 Å². The summed E-state index contributed by atoms with van der Waals surface area (Å²) in [4.78, 5) is 55.5. The number of aromatic amines is 1. The molecule has 180 valence electrons. The molecule has 0 fully saturated rings. The van der Waals surface area contributed by atoms with Crippen LogP contribution in [0.1, 0.15) is 32.9 Å². The van der Waals surface area contributed by atoms with Crippen molar-refractivity contribution in [1.29, 1.82) is 0 Å². The van der Waals surface area contributed by atoms with Crippen LogP contribution in [0.4, 0.5) is 0 Å². The molecule has 0 radical (unpaired) electrons. The maximum Gasteiger partial charge on any atom is 0.328 e. The number of aromatic nitrogens is 2. The van der Waals surface area contributed by atoms with E-state index in [4.69, 9.17) is 10.8 Å². The Hall–Kier alpha value is -3.03. The number of aliphatic hydroxyl groups excluding tert-OH is 2. The average molecular weight is 457 g/mol. The summed E-state index contributed by atoms with van der Waals surface area (Å²) in [6.07, 6.45) is 2.13. The van der Waals surface area contributed by atoms with Crippen LogP contribution in [0.2, 0.25) is 0 Å². The number of imidazole rings is 1. The second-order valence-electron chi connectivity index (χ2n) is 7.57. The summed E-state index contributed by atoms with van der Waals surface area (Å²) in [6, 6.07) is -5.15. The fraction of sp³-hybridized carbons (Fsp3) is 0.632. The number of carboxylic acids is 1. The van der Waals surface area contributed by atoms with Gasteiger partial charge < -0.3 is 42.0 Å². The average Bonchev–Trinajstić information content (AvgIpc) is 3.25. The molecule has 6 unspecified atom stereocenters. The number of hydrogen-bond acceptors (Lipinski definition) is 8. The molecule has 3 amide bonds. The van der Waals surface area contributed by atoms with Crippen molar-refractivity contribution in [2.24, 2.45) is 11.7 Å². The summed E-state index contributed by atoms with van der Waals surface area (Å²) in [7, 11) is 0. The van der Waals surface area contributed by atoms with Crippen molar-refractivity contribution in [2.45, 2.75) is 63.9 Å². The molecule has 6 atom stereocenters. The van der Waals surface area contributed by atoms with Gasteiger partial charge >= 0.3 is 5.97 Å². The zero-order chi connectivity index (χ0) is 24.4. The first-order valence-electron chi connectivity index (χ1n) is 10.2. The molecule has 32 heavy (non-hydrogen) atoms. The van der Waals surface area contributed by atoms with E-state index in [9.17, 15) is 29.4 Å². The van der Waals surface area contributed by atoms with Crippen molar-refractivity contribution < 1.29 is 34.5 Å². The highest BCUT2D eigenvalue weighted by Crippen LogP contribution is 2.09. The Labute approximate surface area is 185 Å². The summed E-state index contributed by atoms with van der Waals surface area (Å²) >= 11 is 0. The van der Waals surface area contributed by atoms with Crippen LogP contribution < -0.4 is 21.7 Å². The Kier molecular flexibility index (Phi) is 10.7. The number of hydrogen-bond donors (Lipinski definition) is 8. The minimum Gasteiger partial charge on any atom is -0.480 e. The third kappa shape index (κ3) is 7.90. The lowest BCUT2D eigenvalue weighted by atomic mass is 9.97. The van der Waals surface area contributed by atoms with Crippen molar-refractivity contribution in [3.05, 3.63) is 18.2 Å². The van der Waals surface area contributed by atoms with Gasteiger partial charge in [-0.05, 0) is 12.8 Å². The van der Waals surface area contributed by atoms with E-state index in [-0.39, 0.29) is 6.42 Å². The van der Waals surface area contributed by atoms with E-state index in [1.54, 1.807) is 13.8 Å². The number of nitrogens with one attached hydrogen (secondary N) is 4. The van der Waals surface area contributed by atoms with Gasteiger partial charge in [0.15, 0.2) is 6.04 Å². The molecule has 13 heteroatoms. The predicted octanol–water partition coefficient (Wildman–Crippen LogP) is -2.76. The fourth-order valence-corrected chi connectivity index (χ4v) is 2.79. The van der Waals surface area contributed by atoms with E-state index in [0.717, 1.165) is 0 Å². The number of H-pyrrole nitrogens is 1. The molecule has 0 saturated heterocycles. The lowest BCUT2D eigenvalue weighted by Gasteiger charge is -2.28. The smallest absolute Gasteiger partial charge is 0.328 e. The topological polar surface area (TPSA) is 220 Å². The third-order valence-corrected chi connectivity index (χ3v) is 4.99. The zero-order valence-corrected chi connectivity index (χ0v) is 18.2. The van der Waals surface area contributed by atoms with E-state index in [1.165, 1.54) is 19.4 Å². The lowest BCUT2D eigenvalue weighted by Crippen LogP contribution is -2.60. The van der Waals surface area contributed by atoms with Crippen molar-refractivity contribution in [1.82, 2.24) is 25.9 Å². The van der Waals surface area contributed by atoms with Gasteiger partial charge in [-0.25, -0.2) is 9.78 Å². The van der Waals surface area contributed by atoms with Gasteiger partial charge in [-0.2, -0.15) is 0 Å². The van der Waals surface area contributed by atoms with Crippen LogP contribution in [0.25, 0.3) is 0 Å². The van der Waals surface area contributed by atoms with Crippen molar-refractivity contribution >= 4 is 23.7 Å². The monoisotopic (exact) mass is 456 g/mol. The van der Waals surface area contributed by atoms with Crippen molar-refractivity contribution in [3.63, 3.8) is 0 Å². The van der Waals surface area contributed by atoms with Crippen molar-refractivity contribution in [2.75, 3.05) is 6.61 Å². The number of carboxylic acid groups (broad SMARTS) is 1. The molecule has 0 aliphatic carbocycles. The summed E-state index contributed by atoms with van der Waals surface area (Å²) in [5.74, 6) is -4.22. The van der Waals surface area contributed by atoms with Crippen LogP contribution in [-0.4, -0.2) is 85.9 Å². The van der Waals surface area contributed by atoms with Crippen LogP contribution in [0.3, 0.4) is 0 Å². The molecule has 0 aromatic carbocycles. The minimum atomic E-state index is -1.57. The molecule has 1 rings (SSSR count). The zero-order valence-electron chi connectivity index (χ0n) is 18.2. The largest absolute Gasteiger partial charge is 0.480 e. The van der Waals surface area contributed by atoms with Crippen LogP contribution in [-0.2, 0) is 25.6 Å². The van der Waals surface area contributed by atoms with Gasteiger partial charge in [0.25, 0.3) is 0 Å². The molecule has 0 aliphatic heterocycles. The Morgan fingerprint density at radius 3 is 2.19 bits per heavy atom. The number of carbonyl (C=O) groups excluding carboxylic acids is 3. The first-order chi connectivity index (χ1) is 15.0. The number of aliphatic carboxylic acids is 1. The second-order valence-corrected chi connectivity index (χ2v) is 7.57. The SMILES string of the molecule is CCC(C)C(NC(=O)C(CO)NC(=O)C(N)Cc1cnc[nH]1)C(=O)NC(C(=O)O)C(C)O. The van der Waals surface area contributed by atoms with Crippen molar-refractivity contribution in [3.8, 4) is 0 Å². The first kappa shape index (κ1) is 27.0. The van der Waals surface area contributed by atoms with Gasteiger partial charge in [-0.3, -0.25) is 14.4 Å². The van der Waals surface area contributed by atoms with Crippen LogP contribution in [0.15, 0.2) is 12.5 Å². The molecular weight excluding hydrogens is 424 g/mol. The second kappa shape index (κ2) is 12.7. The maximum atomic E-state index is 12.6. The number of nitrogens with zero attached hydrogens (tertiary/aromatic N) is 1. The molecular formula is C19H32N6O7. The molecule has 1 aromatic rings. The summed E-state index contributed by atoms with van der Waals surface area (Å²) < 4.78 is 0. The Balaban J connectivity index is 2.84. The Bertz CT molecular complexity index is 770. The number of nitrogens with two attached hydrogens (primary N) is 1. The lowest BCUT2D eigenvalue weighted by molar-refractivity contribution is -0.145. The summed E-state index contributed by atoms with van der Waals surface area (Å²) in [5.41, 5.74) is 6.43. The standard InChI is InChI=1S/C19H32N6O7/c1-4-9(2)14(18(30)25-15(10(3)27)19(31)32)24-17(29)13(7-26)23-16(28)12(20)5-11-6-21-8-22-11/h6,8-10,12-15,26-27H,4-5,7,20H2,1-3H3,(H,21,22)(H,23,28)(H,24,29)(H,25,30)(H,31,32).